The summed E-state index contributed by atoms with van der Waals surface area (Å²) in [4.78, 5) is 12.8. The molecule has 0 fully saturated rings. The van der Waals surface area contributed by atoms with Crippen LogP contribution in [0.5, 0.6) is 5.75 Å². The first-order valence-corrected chi connectivity index (χ1v) is 32.5. The van der Waals surface area contributed by atoms with Crippen LogP contribution < -0.4 is 34.3 Å². The van der Waals surface area contributed by atoms with Crippen LogP contribution in [0, 0.1) is 5.41 Å². The van der Waals surface area contributed by atoms with Gasteiger partial charge >= 0.3 is 35.5 Å². The van der Waals surface area contributed by atoms with Crippen LogP contribution >= 0.6 is 0 Å². The SMILES string of the molecule is CC(C)(C)C1=CC(=CC=CC2=[N+](CCCCCC(=O)O)c3ccc(S(=O)(=O)[O-])cc3C2(C)CCCS(=O)(=O)O)Oc2ccccc21.COCCOCCOCCOCCOCCOCCN(C)CCOCCOCCOCCOCCOCCOC.[Na+]. The number of hydrogen-bond donors (Lipinski definition) is 2. The Hall–Kier alpha value is -3.10. The molecule has 0 aromatic heterocycles. The second kappa shape index (κ2) is 46.0. The van der Waals surface area contributed by atoms with Gasteiger partial charge in [-0.3, -0.25) is 9.35 Å². The quantitative estimate of drug-likeness (QED) is 0.0414. The second-order valence-electron chi connectivity index (χ2n) is 21.3. The Bertz CT molecular complexity index is 2540. The molecular weight excluding hydrogens is 1180 g/mol. The summed E-state index contributed by atoms with van der Waals surface area (Å²) in [6.45, 7) is 22.9. The number of nitrogens with zero attached hydrogens (tertiary/aromatic N) is 2. The van der Waals surface area contributed by atoms with Gasteiger partial charge in [-0.2, -0.15) is 13.0 Å². The van der Waals surface area contributed by atoms with Gasteiger partial charge in [0.1, 0.15) is 28.2 Å². The third-order valence-electron chi connectivity index (χ3n) is 13.4. The average Bonchev–Trinajstić information content (AvgIpc) is 3.91. The zero-order valence-corrected chi connectivity index (χ0v) is 56.5. The van der Waals surface area contributed by atoms with E-state index >= 15 is 0 Å². The normalized spacial score (nSPS) is 15.6. The number of carboxylic acid groups (broad SMARTS) is 1. The summed E-state index contributed by atoms with van der Waals surface area (Å²) in [5, 5.41) is 9.04. The fraction of sp³-hybridized carbons (Fsp3) is 0.672. The van der Waals surface area contributed by atoms with Crippen molar-refractivity contribution < 1.29 is 132 Å². The van der Waals surface area contributed by atoms with Crippen LogP contribution in [0.1, 0.15) is 77.3 Å². The predicted octanol–water partition coefficient (Wildman–Crippen LogP) is 3.60. The Morgan fingerprint density at radius 2 is 1.13 bits per heavy atom. The smallest absolute Gasteiger partial charge is 0.744 e. The number of rotatable bonds is 49. The Morgan fingerprint density at radius 1 is 0.667 bits per heavy atom. The summed E-state index contributed by atoms with van der Waals surface area (Å²) in [5.41, 5.74) is 3.00. The van der Waals surface area contributed by atoms with Gasteiger partial charge in [0.05, 0.1) is 161 Å². The maximum atomic E-state index is 12.0. The standard InChI is InChI=1S/C34H41NO9S2.C27H57NO12.Na/c1-33(2,3)27-22-24(44-30-14-8-7-13-26(27)30)12-10-15-31-34(4,19-11-21-45(38,39)40)28-23-25(46(41,42)43)17-18-29(28)35(31)20-9-5-6-16-32(36)37;1-28(4-6-31-12-14-35-20-22-39-26-24-37-18-16-33-10-8-29-2)5-7-32-13-15-36-21-23-40-27-25-38-19-17-34-11-9-30-3;/h7-8,10,12-15,17-18,22-23H,5-6,9,11,16,19-21H2,1-4H3,(H2-,36,37,38,39,40,41,42,43);4-27H2,1-3H3;/q;;+1. The molecule has 0 amide bonds. The van der Waals surface area contributed by atoms with Crippen LogP contribution in [0.4, 0.5) is 5.69 Å². The summed E-state index contributed by atoms with van der Waals surface area (Å²) in [7, 11) is -3.68. The number of unbranched alkanes of at least 4 members (excludes halogenated alkanes) is 2. The maximum Gasteiger partial charge on any atom is 1.00 e. The number of allylic oxidation sites excluding steroid dienone is 5. The Balaban J connectivity index is 0.000000594. The summed E-state index contributed by atoms with van der Waals surface area (Å²) in [6, 6.07) is 12.0. The van der Waals surface area contributed by atoms with E-state index in [-0.39, 0.29) is 54.2 Å². The molecule has 0 saturated heterocycles. The van der Waals surface area contributed by atoms with E-state index in [2.05, 4.69) is 25.7 Å². The molecule has 2 N–H and O–H groups in total. The number of benzene rings is 2. The van der Waals surface area contributed by atoms with Gasteiger partial charge in [0.15, 0.2) is 5.71 Å². The van der Waals surface area contributed by atoms with Gasteiger partial charge in [-0.1, -0.05) is 45.0 Å². The van der Waals surface area contributed by atoms with Gasteiger partial charge in [-0.25, -0.2) is 8.42 Å². The van der Waals surface area contributed by atoms with Crippen molar-refractivity contribution in [1.29, 1.82) is 0 Å². The molecule has 2 aliphatic rings. The van der Waals surface area contributed by atoms with Gasteiger partial charge in [-0.15, -0.1) is 0 Å². The molecule has 0 bridgehead atoms. The van der Waals surface area contributed by atoms with Crippen LogP contribution in [0.3, 0.4) is 0 Å². The van der Waals surface area contributed by atoms with E-state index in [0.29, 0.717) is 188 Å². The summed E-state index contributed by atoms with van der Waals surface area (Å²) >= 11 is 0. The van der Waals surface area contributed by atoms with E-state index in [9.17, 15) is 30.7 Å². The predicted molar refractivity (Wildman–Crippen MR) is 324 cm³/mol. The van der Waals surface area contributed by atoms with Gasteiger partial charge in [0.25, 0.3) is 10.1 Å². The summed E-state index contributed by atoms with van der Waals surface area (Å²) in [6.07, 6.45) is 9.64. The van der Waals surface area contributed by atoms with Crippen molar-refractivity contribution >= 4 is 43.2 Å². The molecule has 0 radical (unpaired) electrons. The van der Waals surface area contributed by atoms with E-state index in [0.717, 1.165) is 35.7 Å². The van der Waals surface area contributed by atoms with Crippen LogP contribution in [0.2, 0.25) is 0 Å². The molecule has 4 rings (SSSR count). The fourth-order valence-electron chi connectivity index (χ4n) is 8.91. The molecule has 0 spiro atoms. The van der Waals surface area contributed by atoms with Crippen LogP contribution in [-0.2, 0) is 87.3 Å². The molecule has 2 aliphatic heterocycles. The molecule has 490 valence electrons. The number of carboxylic acids is 1. The number of methoxy groups -OCH3 is 2. The van der Waals surface area contributed by atoms with Gasteiger partial charge < -0.3 is 76.1 Å². The zero-order valence-electron chi connectivity index (χ0n) is 52.8. The summed E-state index contributed by atoms with van der Waals surface area (Å²) in [5.74, 6) is -0.00551. The van der Waals surface area contributed by atoms with Crippen molar-refractivity contribution in [2.75, 3.05) is 192 Å². The largest absolute Gasteiger partial charge is 1.00 e. The average molecular weight is 1280 g/mol. The van der Waals surface area contributed by atoms with E-state index in [4.69, 9.17) is 66.7 Å². The molecular formula is C61H98N2NaO21S2+. The van der Waals surface area contributed by atoms with Crippen molar-refractivity contribution in [3.05, 3.63) is 83.7 Å². The first-order chi connectivity index (χ1) is 41.2. The van der Waals surface area contributed by atoms with Crippen molar-refractivity contribution in [1.82, 2.24) is 4.90 Å². The molecule has 1 atom stereocenters. The number of fused-ring (bicyclic) bond motifs is 2. The third-order valence-corrected chi connectivity index (χ3v) is 15.1. The molecule has 2 heterocycles. The van der Waals surface area contributed by atoms with E-state index in [1.165, 1.54) is 12.1 Å². The molecule has 23 nitrogen and oxygen atoms in total. The number of ether oxygens (including phenoxy) is 13. The van der Waals surface area contributed by atoms with Gasteiger partial charge in [0.2, 0.25) is 5.69 Å². The third kappa shape index (κ3) is 34.8. The minimum absolute atomic E-state index is 0. The van der Waals surface area contributed by atoms with Crippen LogP contribution in [0.15, 0.2) is 77.4 Å². The topological polar surface area (TPSA) is 275 Å². The first-order valence-electron chi connectivity index (χ1n) is 29.4. The molecule has 87 heavy (non-hydrogen) atoms. The summed E-state index contributed by atoms with van der Waals surface area (Å²) < 4.78 is 141. The molecule has 2 aromatic rings. The van der Waals surface area contributed by atoms with E-state index in [1.807, 2.05) is 67.1 Å². The molecule has 0 saturated carbocycles. The Labute approximate surface area is 539 Å². The second-order valence-corrected chi connectivity index (χ2v) is 24.3. The molecule has 2 aromatic carbocycles. The van der Waals surface area contributed by atoms with Gasteiger partial charge in [-0.05, 0) is 81.0 Å². The fourth-order valence-corrected chi connectivity index (χ4v) is 9.92. The molecule has 1 unspecified atom stereocenters. The number of para-hydroxylation sites is 1. The maximum absolute atomic E-state index is 12.0. The monoisotopic (exact) mass is 1280 g/mol. The number of aliphatic carboxylic acids is 1. The minimum atomic E-state index is -4.78. The van der Waals surface area contributed by atoms with Gasteiger partial charge in [0, 0.05) is 63.4 Å². The Morgan fingerprint density at radius 3 is 1.56 bits per heavy atom. The number of hydrogen-bond acceptors (Lipinski definition) is 20. The number of likely N-dealkylation sites (N-methyl/N-ethyl adjacent to an activating group) is 1. The van der Waals surface area contributed by atoms with Crippen molar-refractivity contribution in [3.8, 4) is 5.75 Å². The number of carbonyl (C=O) groups is 1. The van der Waals surface area contributed by atoms with Crippen LogP contribution in [0.25, 0.3) is 5.57 Å². The molecule has 26 heteroatoms. The Kier molecular flexibility index (Phi) is 42.3. The first kappa shape index (κ1) is 80.0. The van der Waals surface area contributed by atoms with Crippen molar-refractivity contribution in [3.63, 3.8) is 0 Å². The van der Waals surface area contributed by atoms with E-state index < -0.39 is 42.3 Å². The molecule has 0 aliphatic carbocycles. The van der Waals surface area contributed by atoms with E-state index in [1.54, 1.807) is 20.3 Å². The minimum Gasteiger partial charge on any atom is -0.744 e. The van der Waals surface area contributed by atoms with Crippen LogP contribution in [-0.4, -0.2) is 244 Å². The van der Waals surface area contributed by atoms with Crippen molar-refractivity contribution in [2.45, 2.75) is 76.5 Å². The zero-order chi connectivity index (χ0) is 62.9. The van der Waals surface area contributed by atoms with Crippen molar-refractivity contribution in [2.24, 2.45) is 5.41 Å².